The lowest BCUT2D eigenvalue weighted by Gasteiger charge is -2.05. The smallest absolute Gasteiger partial charge is 0.321 e. The first-order valence-electron chi connectivity index (χ1n) is 3.96. The van der Waals surface area contributed by atoms with E-state index in [0.717, 1.165) is 4.90 Å². The molecule has 1 aromatic carbocycles. The average molecular weight is 232 g/mol. The van der Waals surface area contributed by atoms with Crippen molar-refractivity contribution in [3.8, 4) is 0 Å². The Bertz CT molecular complexity index is 315. The number of carbonyl (C=O) groups is 1. The molecule has 0 bridgehead atoms. The number of carboxylic acid groups (broad SMARTS) is 1. The van der Waals surface area contributed by atoms with Gasteiger partial charge in [-0.1, -0.05) is 11.6 Å². The van der Waals surface area contributed by atoms with Gasteiger partial charge in [0.2, 0.25) is 0 Å². The van der Waals surface area contributed by atoms with Crippen LogP contribution in [0.15, 0.2) is 29.2 Å². The van der Waals surface area contributed by atoms with Gasteiger partial charge in [-0.2, -0.15) is 0 Å². The molecule has 0 amide bonds. The van der Waals surface area contributed by atoms with E-state index in [-0.39, 0.29) is 0 Å². The number of hydrogen-bond donors (Lipinski definition) is 2. The van der Waals surface area contributed by atoms with Crippen LogP contribution in [0.2, 0.25) is 5.02 Å². The predicted octanol–water partition coefficient (Wildman–Crippen LogP) is 1.84. The lowest BCUT2D eigenvalue weighted by atomic mass is 10.4. The fourth-order valence-electron chi connectivity index (χ4n) is 0.788. The minimum Gasteiger partial charge on any atom is -0.480 e. The topological polar surface area (TPSA) is 63.3 Å². The van der Waals surface area contributed by atoms with Crippen LogP contribution >= 0.6 is 23.4 Å². The van der Waals surface area contributed by atoms with E-state index < -0.39 is 12.0 Å². The fourth-order valence-corrected chi connectivity index (χ4v) is 1.76. The quantitative estimate of drug-likeness (QED) is 0.777. The lowest BCUT2D eigenvalue weighted by Crippen LogP contribution is -2.32. The normalized spacial score (nSPS) is 12.4. The molecule has 14 heavy (non-hydrogen) atoms. The molecule has 0 spiro atoms. The Morgan fingerprint density at radius 1 is 1.50 bits per heavy atom. The monoisotopic (exact) mass is 231 g/mol. The van der Waals surface area contributed by atoms with Gasteiger partial charge in [0.05, 0.1) is 0 Å². The van der Waals surface area contributed by atoms with Crippen molar-refractivity contribution in [1.29, 1.82) is 0 Å². The molecule has 0 unspecified atom stereocenters. The third kappa shape index (κ3) is 3.57. The van der Waals surface area contributed by atoms with Crippen molar-refractivity contribution in [2.45, 2.75) is 10.9 Å². The number of halogens is 1. The molecule has 76 valence electrons. The summed E-state index contributed by atoms with van der Waals surface area (Å²) in [6.07, 6.45) is 0. The van der Waals surface area contributed by atoms with Crippen LogP contribution in [-0.2, 0) is 4.79 Å². The first kappa shape index (κ1) is 11.4. The minimum atomic E-state index is -0.980. The third-order valence-corrected chi connectivity index (χ3v) is 2.94. The van der Waals surface area contributed by atoms with Crippen molar-refractivity contribution in [2.75, 3.05) is 5.75 Å². The molecule has 0 fully saturated rings. The summed E-state index contributed by atoms with van der Waals surface area (Å²) in [6, 6.07) is 6.37. The van der Waals surface area contributed by atoms with Gasteiger partial charge in [-0.25, -0.2) is 0 Å². The standard InChI is InChI=1S/C9H10ClNO2S/c10-6-1-3-7(4-2-6)14-5-8(11)9(12)13/h1-4,8H,5,11H2,(H,12,13)/t8-/m1/s1. The zero-order valence-electron chi connectivity index (χ0n) is 7.31. The number of carboxylic acids is 1. The molecule has 0 aliphatic heterocycles. The molecule has 0 saturated heterocycles. The van der Waals surface area contributed by atoms with Gasteiger partial charge in [0.25, 0.3) is 0 Å². The molecule has 0 heterocycles. The Morgan fingerprint density at radius 3 is 2.57 bits per heavy atom. The zero-order valence-corrected chi connectivity index (χ0v) is 8.89. The molecule has 0 aliphatic carbocycles. The van der Waals surface area contributed by atoms with E-state index in [1.54, 1.807) is 12.1 Å². The van der Waals surface area contributed by atoms with Gasteiger partial charge in [-0.3, -0.25) is 4.79 Å². The van der Waals surface area contributed by atoms with E-state index in [9.17, 15) is 4.79 Å². The van der Waals surface area contributed by atoms with Gasteiger partial charge in [0.15, 0.2) is 0 Å². The van der Waals surface area contributed by atoms with E-state index in [2.05, 4.69) is 0 Å². The van der Waals surface area contributed by atoms with Gasteiger partial charge in [-0.15, -0.1) is 11.8 Å². The van der Waals surface area contributed by atoms with Gasteiger partial charge >= 0.3 is 5.97 Å². The summed E-state index contributed by atoms with van der Waals surface area (Å²) in [6.45, 7) is 0. The van der Waals surface area contributed by atoms with E-state index in [1.807, 2.05) is 12.1 Å². The molecular formula is C9H10ClNO2S. The maximum Gasteiger partial charge on any atom is 0.321 e. The van der Waals surface area contributed by atoms with Crippen molar-refractivity contribution in [1.82, 2.24) is 0 Å². The molecule has 1 atom stereocenters. The Kier molecular flexibility index (Phi) is 4.25. The Balaban J connectivity index is 2.46. The number of hydrogen-bond acceptors (Lipinski definition) is 3. The van der Waals surface area contributed by atoms with Crippen LogP contribution in [0.25, 0.3) is 0 Å². The molecule has 5 heteroatoms. The average Bonchev–Trinajstić information content (AvgIpc) is 2.16. The molecular weight excluding hydrogens is 222 g/mol. The SMILES string of the molecule is N[C@H](CSc1ccc(Cl)cc1)C(=O)O. The second-order valence-electron chi connectivity index (χ2n) is 2.71. The van der Waals surface area contributed by atoms with Crippen molar-refractivity contribution in [2.24, 2.45) is 5.73 Å². The van der Waals surface area contributed by atoms with E-state index >= 15 is 0 Å². The highest BCUT2D eigenvalue weighted by molar-refractivity contribution is 7.99. The second kappa shape index (κ2) is 5.24. The Morgan fingerprint density at radius 2 is 2.07 bits per heavy atom. The summed E-state index contributed by atoms with van der Waals surface area (Å²) < 4.78 is 0. The number of aliphatic carboxylic acids is 1. The van der Waals surface area contributed by atoms with Crippen molar-refractivity contribution in [3.05, 3.63) is 29.3 Å². The van der Waals surface area contributed by atoms with E-state index in [0.29, 0.717) is 10.8 Å². The Hall–Kier alpha value is -0.710. The first-order valence-corrected chi connectivity index (χ1v) is 5.32. The molecule has 1 aromatic rings. The van der Waals surface area contributed by atoms with E-state index in [1.165, 1.54) is 11.8 Å². The highest BCUT2D eigenvalue weighted by Gasteiger charge is 2.11. The molecule has 1 rings (SSSR count). The molecule has 3 N–H and O–H groups in total. The number of rotatable bonds is 4. The molecule has 0 aliphatic rings. The van der Waals surface area contributed by atoms with E-state index in [4.69, 9.17) is 22.4 Å². The molecule has 0 radical (unpaired) electrons. The number of thioether (sulfide) groups is 1. The van der Waals surface area contributed by atoms with Crippen molar-refractivity contribution < 1.29 is 9.90 Å². The maximum atomic E-state index is 10.4. The second-order valence-corrected chi connectivity index (χ2v) is 4.24. The zero-order chi connectivity index (χ0) is 10.6. The highest BCUT2D eigenvalue weighted by Crippen LogP contribution is 2.20. The summed E-state index contributed by atoms with van der Waals surface area (Å²) in [4.78, 5) is 11.4. The molecule has 3 nitrogen and oxygen atoms in total. The predicted molar refractivity (Wildman–Crippen MR) is 57.8 cm³/mol. The largest absolute Gasteiger partial charge is 0.480 e. The first-order chi connectivity index (χ1) is 6.59. The van der Waals surface area contributed by atoms with Crippen molar-refractivity contribution >= 4 is 29.3 Å². The minimum absolute atomic E-state index is 0.358. The van der Waals surface area contributed by atoms with Crippen LogP contribution in [0.5, 0.6) is 0 Å². The van der Waals surface area contributed by atoms with Crippen LogP contribution in [0.3, 0.4) is 0 Å². The molecule has 0 aromatic heterocycles. The Labute approximate surface area is 91.2 Å². The summed E-state index contributed by atoms with van der Waals surface area (Å²) >= 11 is 7.10. The fraction of sp³-hybridized carbons (Fsp3) is 0.222. The lowest BCUT2D eigenvalue weighted by molar-refractivity contribution is -0.137. The van der Waals surface area contributed by atoms with Crippen LogP contribution in [0.4, 0.5) is 0 Å². The third-order valence-electron chi connectivity index (χ3n) is 1.56. The summed E-state index contributed by atoms with van der Waals surface area (Å²) in [5, 5.41) is 9.21. The maximum absolute atomic E-state index is 10.4. The molecule has 0 saturated carbocycles. The highest BCUT2D eigenvalue weighted by atomic mass is 35.5. The van der Waals surface area contributed by atoms with Gasteiger partial charge in [-0.05, 0) is 24.3 Å². The van der Waals surface area contributed by atoms with Crippen molar-refractivity contribution in [3.63, 3.8) is 0 Å². The van der Waals surface area contributed by atoms with Crippen LogP contribution in [0.1, 0.15) is 0 Å². The van der Waals surface area contributed by atoms with Gasteiger partial charge in [0, 0.05) is 15.7 Å². The van der Waals surface area contributed by atoms with Crippen LogP contribution < -0.4 is 5.73 Å². The van der Waals surface area contributed by atoms with Gasteiger partial charge in [0.1, 0.15) is 6.04 Å². The number of nitrogens with two attached hydrogens (primary N) is 1. The van der Waals surface area contributed by atoms with Gasteiger partial charge < -0.3 is 10.8 Å². The summed E-state index contributed by atoms with van der Waals surface area (Å²) in [5.74, 6) is -0.622. The summed E-state index contributed by atoms with van der Waals surface area (Å²) in [5.41, 5.74) is 5.35. The summed E-state index contributed by atoms with van der Waals surface area (Å²) in [7, 11) is 0. The van der Waals surface area contributed by atoms with Crippen LogP contribution in [0, 0.1) is 0 Å². The van der Waals surface area contributed by atoms with Crippen LogP contribution in [-0.4, -0.2) is 22.9 Å². The number of benzene rings is 1.